The van der Waals surface area contributed by atoms with Crippen LogP contribution < -0.4 is 5.73 Å². The molecule has 2 heterocycles. The van der Waals surface area contributed by atoms with E-state index in [1.165, 1.54) is 19.3 Å². The maximum absolute atomic E-state index is 10.6. The number of anilines is 1. The number of unbranched alkanes of at least 4 members (excludes halogenated alkanes) is 3. The summed E-state index contributed by atoms with van der Waals surface area (Å²) in [5.41, 5.74) is 6.57. The van der Waals surface area contributed by atoms with Crippen LogP contribution in [0.2, 0.25) is 0 Å². The molecule has 5 N–H and O–H groups in total. The lowest BCUT2D eigenvalue weighted by Gasteiger charge is -2.23. The van der Waals surface area contributed by atoms with Gasteiger partial charge in [-0.3, -0.25) is 0 Å². The number of nitrogen functional groups attached to an aromatic ring is 1. The lowest BCUT2D eigenvalue weighted by molar-refractivity contribution is -0.0300. The molecule has 2 aliphatic carbocycles. The number of nitrogens with two attached hydrogens (primary N) is 1. The van der Waals surface area contributed by atoms with Crippen LogP contribution in [-0.4, -0.2) is 59.4 Å². The number of aromatic nitrogens is 4. The smallest absolute Gasteiger partial charge is 0.191 e. The number of aliphatic hydroxyl groups excluding tert-OH is 3. The van der Waals surface area contributed by atoms with Crippen LogP contribution in [0.4, 0.5) is 5.82 Å². The lowest BCUT2D eigenvalue weighted by Crippen LogP contribution is -2.35. The Labute approximate surface area is 162 Å². The van der Waals surface area contributed by atoms with Gasteiger partial charge in [0.05, 0.1) is 25.1 Å². The van der Waals surface area contributed by atoms with E-state index in [2.05, 4.69) is 21.9 Å². The van der Waals surface area contributed by atoms with Gasteiger partial charge in [-0.15, -0.1) is 0 Å². The summed E-state index contributed by atoms with van der Waals surface area (Å²) >= 11 is 1.58. The molecule has 2 aromatic heterocycles. The van der Waals surface area contributed by atoms with Crippen molar-refractivity contribution < 1.29 is 15.3 Å². The van der Waals surface area contributed by atoms with E-state index in [0.29, 0.717) is 28.6 Å². The van der Waals surface area contributed by atoms with E-state index < -0.39 is 17.6 Å². The normalized spacial score (nSPS) is 32.1. The quantitative estimate of drug-likeness (QED) is 0.300. The molecule has 2 aromatic rings. The van der Waals surface area contributed by atoms with Crippen LogP contribution in [0.3, 0.4) is 0 Å². The second-order valence-electron chi connectivity index (χ2n) is 7.75. The number of hydrogen-bond acceptors (Lipinski definition) is 8. The minimum atomic E-state index is -0.963. The number of hydrogen-bond donors (Lipinski definition) is 4. The number of aliphatic hydroxyl groups is 3. The Bertz CT molecular complexity index is 831. The molecule has 2 fully saturated rings. The van der Waals surface area contributed by atoms with Gasteiger partial charge in [0.25, 0.3) is 0 Å². The van der Waals surface area contributed by atoms with Gasteiger partial charge in [-0.1, -0.05) is 37.9 Å². The molecule has 0 saturated heterocycles. The summed E-state index contributed by atoms with van der Waals surface area (Å²) in [5, 5.41) is 31.2. The zero-order chi connectivity index (χ0) is 19.2. The maximum Gasteiger partial charge on any atom is 0.191 e. The molecule has 0 amide bonds. The van der Waals surface area contributed by atoms with Gasteiger partial charge < -0.3 is 25.6 Å². The maximum atomic E-state index is 10.6. The van der Waals surface area contributed by atoms with Crippen LogP contribution in [-0.2, 0) is 0 Å². The number of fused-ring (bicyclic) bond motifs is 2. The van der Waals surface area contributed by atoms with Crippen molar-refractivity contribution in [1.29, 1.82) is 0 Å². The van der Waals surface area contributed by atoms with Crippen molar-refractivity contribution in [2.24, 2.45) is 11.3 Å². The average molecular weight is 394 g/mol. The summed E-state index contributed by atoms with van der Waals surface area (Å²) < 4.78 is 1.80. The van der Waals surface area contributed by atoms with Crippen LogP contribution in [0, 0.1) is 11.3 Å². The fourth-order valence-electron chi connectivity index (χ4n) is 4.44. The topological polar surface area (TPSA) is 130 Å². The van der Waals surface area contributed by atoms with Gasteiger partial charge in [-0.2, -0.15) is 0 Å². The van der Waals surface area contributed by atoms with Gasteiger partial charge in [-0.05, 0) is 18.8 Å². The van der Waals surface area contributed by atoms with E-state index in [9.17, 15) is 15.3 Å². The third-order valence-electron chi connectivity index (χ3n) is 6.13. The Kier molecular flexibility index (Phi) is 5.04. The SMILES string of the molecule is CCCCCCSc1nc(N)c2ncn([C@H]3C(O)[C@@H](O)[C@]4(CO)C[C@H]34)c2n1. The monoisotopic (exact) mass is 393 g/mol. The van der Waals surface area contributed by atoms with Gasteiger partial charge in [0.1, 0.15) is 11.6 Å². The minimum Gasteiger partial charge on any atom is -0.396 e. The molecule has 2 aliphatic rings. The number of rotatable bonds is 8. The van der Waals surface area contributed by atoms with Crippen LogP contribution in [0.5, 0.6) is 0 Å². The van der Waals surface area contributed by atoms with Crippen molar-refractivity contribution in [2.75, 3.05) is 18.1 Å². The molecular formula is C18H27N5O3S. The van der Waals surface area contributed by atoms with Gasteiger partial charge in [0, 0.05) is 11.2 Å². The van der Waals surface area contributed by atoms with Crippen LogP contribution in [0.15, 0.2) is 11.5 Å². The van der Waals surface area contributed by atoms with Crippen molar-refractivity contribution in [3.8, 4) is 0 Å². The van der Waals surface area contributed by atoms with Gasteiger partial charge >= 0.3 is 0 Å². The lowest BCUT2D eigenvalue weighted by atomic mass is 10.0. The fraction of sp³-hybridized carbons (Fsp3) is 0.722. The Balaban J connectivity index is 1.59. The summed E-state index contributed by atoms with van der Waals surface area (Å²) in [6.07, 6.45) is 5.11. The highest BCUT2D eigenvalue weighted by molar-refractivity contribution is 7.99. The molecule has 4 rings (SSSR count). The van der Waals surface area contributed by atoms with E-state index in [1.807, 2.05) is 0 Å². The first kappa shape index (κ1) is 18.9. The summed E-state index contributed by atoms with van der Waals surface area (Å²) in [5.74, 6) is 1.26. The van der Waals surface area contributed by atoms with Crippen molar-refractivity contribution in [2.45, 2.75) is 62.4 Å². The highest BCUT2D eigenvalue weighted by atomic mass is 32.2. The van der Waals surface area contributed by atoms with E-state index in [4.69, 9.17) is 5.73 Å². The predicted octanol–water partition coefficient (Wildman–Crippen LogP) is 1.36. The fourth-order valence-corrected chi connectivity index (χ4v) is 5.29. The Hall–Kier alpha value is -1.42. The van der Waals surface area contributed by atoms with Crippen LogP contribution in [0.25, 0.3) is 11.2 Å². The first-order chi connectivity index (χ1) is 13.0. The predicted molar refractivity (Wildman–Crippen MR) is 103 cm³/mol. The Morgan fingerprint density at radius 3 is 2.81 bits per heavy atom. The molecule has 0 radical (unpaired) electrons. The average Bonchev–Trinajstić information content (AvgIpc) is 3.17. The molecular weight excluding hydrogens is 366 g/mol. The van der Waals surface area contributed by atoms with Crippen molar-refractivity contribution in [3.05, 3.63) is 6.33 Å². The summed E-state index contributed by atoms with van der Waals surface area (Å²) in [6.45, 7) is 2.06. The Morgan fingerprint density at radius 2 is 2.11 bits per heavy atom. The largest absolute Gasteiger partial charge is 0.396 e. The molecule has 5 atom stereocenters. The van der Waals surface area contributed by atoms with Crippen molar-refractivity contribution in [3.63, 3.8) is 0 Å². The van der Waals surface area contributed by atoms with E-state index in [-0.39, 0.29) is 18.6 Å². The Morgan fingerprint density at radius 1 is 1.30 bits per heavy atom. The molecule has 8 nitrogen and oxygen atoms in total. The molecule has 0 aliphatic heterocycles. The standard InChI is InChI=1S/C18H27N5O3S/c1-2-3-4-5-6-27-17-21-15(19)11-16(22-17)23(9-20-11)12-10-7-18(10,8-24)14(26)13(12)25/h9-10,12-14,24-26H,2-8H2,1H3,(H2,19,21,22)/t10-,12-,13?,14-,18+/m1/s1. The second-order valence-corrected chi connectivity index (χ2v) is 8.81. The number of imidazole rings is 1. The minimum absolute atomic E-state index is 0.00577. The highest BCUT2D eigenvalue weighted by Crippen LogP contribution is 2.67. The van der Waals surface area contributed by atoms with E-state index in [0.717, 1.165) is 12.2 Å². The highest BCUT2D eigenvalue weighted by Gasteiger charge is 2.71. The first-order valence-corrected chi connectivity index (χ1v) is 10.6. The second kappa shape index (κ2) is 7.20. The van der Waals surface area contributed by atoms with E-state index >= 15 is 0 Å². The van der Waals surface area contributed by atoms with Crippen LogP contribution in [0.1, 0.15) is 45.1 Å². The third kappa shape index (κ3) is 3.00. The summed E-state index contributed by atoms with van der Waals surface area (Å²) in [4.78, 5) is 13.3. The number of nitrogens with zero attached hydrogens (tertiary/aromatic N) is 4. The summed E-state index contributed by atoms with van der Waals surface area (Å²) in [6, 6.07) is -0.367. The zero-order valence-corrected chi connectivity index (χ0v) is 16.3. The zero-order valence-electron chi connectivity index (χ0n) is 15.5. The number of thioether (sulfide) groups is 1. The molecule has 27 heavy (non-hydrogen) atoms. The van der Waals surface area contributed by atoms with Crippen molar-refractivity contribution in [1.82, 2.24) is 19.5 Å². The molecule has 1 unspecified atom stereocenters. The van der Waals surface area contributed by atoms with Crippen LogP contribution >= 0.6 is 11.8 Å². The molecule has 0 bridgehead atoms. The molecule has 0 aromatic carbocycles. The molecule has 9 heteroatoms. The molecule has 0 spiro atoms. The van der Waals surface area contributed by atoms with E-state index in [1.54, 1.807) is 22.7 Å². The summed E-state index contributed by atoms with van der Waals surface area (Å²) in [7, 11) is 0. The molecule has 2 saturated carbocycles. The van der Waals surface area contributed by atoms with Gasteiger partial charge in [0.15, 0.2) is 16.6 Å². The van der Waals surface area contributed by atoms with Crippen molar-refractivity contribution >= 4 is 28.7 Å². The van der Waals surface area contributed by atoms with Gasteiger partial charge in [-0.25, -0.2) is 15.0 Å². The third-order valence-corrected chi connectivity index (χ3v) is 7.06. The first-order valence-electron chi connectivity index (χ1n) is 9.63. The van der Waals surface area contributed by atoms with Gasteiger partial charge in [0.2, 0.25) is 0 Å². The molecule has 148 valence electrons.